The Hall–Kier alpha value is -2.28. The predicted octanol–water partition coefficient (Wildman–Crippen LogP) is 15.1. The molecule has 6 atom stereocenters. The number of hydrogen-bond acceptors (Lipinski definition) is 11. The Morgan fingerprint density at radius 1 is 0.408 bits per heavy atom. The number of carboxylic acids is 1. The summed E-state index contributed by atoms with van der Waals surface area (Å²) < 4.78 is 28.4. The number of esters is 3. The molecule has 12 nitrogen and oxygen atoms in total. The molecule has 0 saturated carbocycles. The lowest BCUT2D eigenvalue weighted by Gasteiger charge is -2.40. The highest BCUT2D eigenvalue weighted by molar-refractivity contribution is 5.74. The van der Waals surface area contributed by atoms with Gasteiger partial charge in [0.25, 0.3) is 0 Å². The molecule has 1 saturated heterocycles. The van der Waals surface area contributed by atoms with E-state index in [1.54, 1.807) is 0 Å². The molecule has 1 aliphatic heterocycles. The molecule has 71 heavy (non-hydrogen) atoms. The second-order valence-corrected chi connectivity index (χ2v) is 21.0. The molecule has 1 aliphatic rings. The third-order valence-corrected chi connectivity index (χ3v) is 14.2. The number of aliphatic hydroxyl groups is 2. The van der Waals surface area contributed by atoms with Gasteiger partial charge in [-0.15, -0.1) is 0 Å². The van der Waals surface area contributed by atoms with Crippen LogP contribution in [0.15, 0.2) is 0 Å². The van der Waals surface area contributed by atoms with Gasteiger partial charge in [0.2, 0.25) is 0 Å². The van der Waals surface area contributed by atoms with E-state index in [2.05, 4.69) is 20.8 Å². The number of carboxylic acid groups (broad SMARTS) is 1. The number of rotatable bonds is 52. The lowest BCUT2D eigenvalue weighted by molar-refractivity contribution is -0.301. The van der Waals surface area contributed by atoms with Crippen LogP contribution in [0, 0.1) is 0 Å². The van der Waals surface area contributed by atoms with E-state index >= 15 is 0 Å². The van der Waals surface area contributed by atoms with E-state index < -0.39 is 67.3 Å². The number of aliphatic carboxylic acids is 1. The summed E-state index contributed by atoms with van der Waals surface area (Å²) in [6.07, 6.45) is 39.3. The van der Waals surface area contributed by atoms with Crippen molar-refractivity contribution in [3.05, 3.63) is 0 Å². The molecule has 12 heteroatoms. The summed E-state index contributed by atoms with van der Waals surface area (Å²) in [6.45, 7) is 6.02. The summed E-state index contributed by atoms with van der Waals surface area (Å²) in [7, 11) is 0. The number of hydrogen-bond donors (Lipinski definition) is 3. The second kappa shape index (κ2) is 48.6. The molecular weight excluding hydrogens is 901 g/mol. The van der Waals surface area contributed by atoms with Crippen LogP contribution in [0.2, 0.25) is 0 Å². The fourth-order valence-electron chi connectivity index (χ4n) is 9.55. The zero-order valence-electron chi connectivity index (χ0n) is 46.0. The smallest absolute Gasteiger partial charge is 0.335 e. The zero-order chi connectivity index (χ0) is 51.8. The van der Waals surface area contributed by atoms with Crippen LogP contribution in [0.4, 0.5) is 0 Å². The Bertz CT molecular complexity index is 1250. The van der Waals surface area contributed by atoms with Gasteiger partial charge in [-0.3, -0.25) is 14.4 Å². The molecule has 0 spiro atoms. The van der Waals surface area contributed by atoms with E-state index in [0.29, 0.717) is 19.3 Å². The van der Waals surface area contributed by atoms with Crippen LogP contribution < -0.4 is 0 Å². The summed E-state index contributed by atoms with van der Waals surface area (Å²) in [4.78, 5) is 51.0. The van der Waals surface area contributed by atoms with Crippen molar-refractivity contribution < 1.29 is 58.2 Å². The van der Waals surface area contributed by atoms with Crippen molar-refractivity contribution in [1.82, 2.24) is 0 Å². The summed E-state index contributed by atoms with van der Waals surface area (Å²) in [5.41, 5.74) is 0. The number of carbonyl (C=O) groups is 4. The predicted molar refractivity (Wildman–Crippen MR) is 285 cm³/mol. The first kappa shape index (κ1) is 66.7. The van der Waals surface area contributed by atoms with Crippen molar-refractivity contribution in [3.8, 4) is 0 Å². The van der Waals surface area contributed by atoms with E-state index in [9.17, 15) is 34.5 Å². The van der Waals surface area contributed by atoms with E-state index in [1.807, 2.05) is 0 Å². The van der Waals surface area contributed by atoms with E-state index in [4.69, 9.17) is 23.7 Å². The van der Waals surface area contributed by atoms with Gasteiger partial charge >= 0.3 is 23.9 Å². The molecule has 418 valence electrons. The van der Waals surface area contributed by atoms with Crippen LogP contribution in [0.25, 0.3) is 0 Å². The highest BCUT2D eigenvalue weighted by Gasteiger charge is 2.50. The molecular formula is C59H110O12. The third kappa shape index (κ3) is 38.9. The maximum absolute atomic E-state index is 13.1. The molecule has 0 aliphatic carbocycles. The largest absolute Gasteiger partial charge is 0.479 e. The Kier molecular flexibility index (Phi) is 45.7. The Balaban J connectivity index is 2.64. The van der Waals surface area contributed by atoms with Gasteiger partial charge in [0, 0.05) is 19.3 Å². The highest BCUT2D eigenvalue weighted by Crippen LogP contribution is 2.27. The lowest BCUT2D eigenvalue weighted by Crippen LogP contribution is -2.61. The SMILES string of the molecule is CCCCCCCCCCCCCCCCCCCC(=O)OCC(COC1OC(C(=O)O)C(O)C(O)C1OC(=O)CCCCCCCCCCCCCCC)OC(=O)CCCCCCCCCCCCC. The number of carbonyl (C=O) groups excluding carboxylic acids is 3. The van der Waals surface area contributed by atoms with Gasteiger partial charge in [-0.1, -0.05) is 265 Å². The maximum atomic E-state index is 13.1. The van der Waals surface area contributed by atoms with Crippen LogP contribution >= 0.6 is 0 Å². The molecule has 0 aromatic heterocycles. The molecule has 0 radical (unpaired) electrons. The Morgan fingerprint density at radius 2 is 0.718 bits per heavy atom. The van der Waals surface area contributed by atoms with Crippen molar-refractivity contribution >= 4 is 23.9 Å². The van der Waals surface area contributed by atoms with E-state index in [1.165, 1.54) is 186 Å². The Morgan fingerprint density at radius 3 is 1.06 bits per heavy atom. The van der Waals surface area contributed by atoms with Gasteiger partial charge in [-0.05, 0) is 19.3 Å². The molecule has 0 aromatic carbocycles. The average Bonchev–Trinajstić information content (AvgIpc) is 3.35. The summed E-state index contributed by atoms with van der Waals surface area (Å²) >= 11 is 0. The molecule has 3 N–H and O–H groups in total. The zero-order valence-corrected chi connectivity index (χ0v) is 46.0. The Labute approximate surface area is 433 Å². The summed E-state index contributed by atoms with van der Waals surface area (Å²) in [5, 5.41) is 31.4. The average molecular weight is 1010 g/mol. The van der Waals surface area contributed by atoms with Crippen molar-refractivity contribution in [2.45, 2.75) is 340 Å². The summed E-state index contributed by atoms with van der Waals surface area (Å²) in [5.74, 6) is -3.07. The molecule has 0 aromatic rings. The second-order valence-electron chi connectivity index (χ2n) is 21.0. The van der Waals surface area contributed by atoms with Crippen molar-refractivity contribution in [1.29, 1.82) is 0 Å². The standard InChI is InChI=1S/C59H110O12/c1-4-7-10-13-16-19-22-24-25-26-27-29-31-33-36-39-42-45-51(60)67-48-50(69-52(61)46-43-40-37-34-30-21-18-15-12-9-6-3)49-68-59-57(55(64)54(63)56(71-59)58(65)66)70-53(62)47-44-41-38-35-32-28-23-20-17-14-11-8-5-2/h50,54-57,59,63-64H,4-49H2,1-3H3,(H,65,66). The fraction of sp³-hybridized carbons (Fsp3) is 0.932. The minimum absolute atomic E-state index is 0.0703. The van der Waals surface area contributed by atoms with Crippen LogP contribution in [0.3, 0.4) is 0 Å². The highest BCUT2D eigenvalue weighted by atomic mass is 16.7. The van der Waals surface area contributed by atoms with Crippen LogP contribution in [-0.4, -0.2) is 89.2 Å². The van der Waals surface area contributed by atoms with Gasteiger partial charge in [0.15, 0.2) is 24.6 Å². The number of aliphatic hydroxyl groups excluding tert-OH is 2. The third-order valence-electron chi connectivity index (χ3n) is 14.2. The van der Waals surface area contributed by atoms with Crippen LogP contribution in [0.1, 0.15) is 303 Å². The van der Waals surface area contributed by atoms with Gasteiger partial charge < -0.3 is 39.0 Å². The minimum Gasteiger partial charge on any atom is -0.479 e. The van der Waals surface area contributed by atoms with Crippen LogP contribution in [-0.2, 0) is 42.9 Å². The quantitative estimate of drug-likeness (QED) is 0.0299. The van der Waals surface area contributed by atoms with E-state index in [0.717, 1.165) is 57.8 Å². The van der Waals surface area contributed by atoms with Gasteiger partial charge in [-0.2, -0.15) is 0 Å². The van der Waals surface area contributed by atoms with Gasteiger partial charge in [-0.25, -0.2) is 4.79 Å². The van der Waals surface area contributed by atoms with E-state index in [-0.39, 0.29) is 25.9 Å². The van der Waals surface area contributed by atoms with Gasteiger partial charge in [0.1, 0.15) is 18.8 Å². The lowest BCUT2D eigenvalue weighted by atomic mass is 9.98. The number of unbranched alkanes of at least 4 members (excludes halogenated alkanes) is 38. The van der Waals surface area contributed by atoms with Crippen molar-refractivity contribution in [3.63, 3.8) is 0 Å². The molecule has 6 unspecified atom stereocenters. The topological polar surface area (TPSA) is 175 Å². The first-order chi connectivity index (χ1) is 34.6. The molecule has 1 rings (SSSR count). The maximum Gasteiger partial charge on any atom is 0.335 e. The summed E-state index contributed by atoms with van der Waals surface area (Å²) in [6, 6.07) is 0. The van der Waals surface area contributed by atoms with Crippen molar-refractivity contribution in [2.24, 2.45) is 0 Å². The fourth-order valence-corrected chi connectivity index (χ4v) is 9.55. The molecule has 0 bridgehead atoms. The molecule has 1 fully saturated rings. The minimum atomic E-state index is -1.89. The normalized spacial score (nSPS) is 18.4. The first-order valence-electron chi connectivity index (χ1n) is 30.0. The first-order valence-corrected chi connectivity index (χ1v) is 30.0. The van der Waals surface area contributed by atoms with Gasteiger partial charge in [0.05, 0.1) is 6.61 Å². The molecule has 1 heterocycles. The monoisotopic (exact) mass is 1010 g/mol. The number of ether oxygens (including phenoxy) is 5. The molecule has 0 amide bonds. The van der Waals surface area contributed by atoms with Crippen LogP contribution in [0.5, 0.6) is 0 Å². The van der Waals surface area contributed by atoms with Crippen molar-refractivity contribution in [2.75, 3.05) is 13.2 Å².